The van der Waals surface area contributed by atoms with Crippen molar-refractivity contribution < 1.29 is 14.3 Å². The summed E-state index contributed by atoms with van der Waals surface area (Å²) in [6.07, 6.45) is 7.12. The monoisotopic (exact) mass is 420 g/mol. The standard InChI is InChI=1S/C21H12ClFN4.CH2O2/c22-12-3-4-18(23)16(8-12)19-9-15(14-2-1-6-25-21(14)27-19)17-10-26-20-11-24-7-5-13(17)20;2-1-3/h1-11,26H;1H,(H,2,3). The number of H-pyrrole nitrogens is 1. The molecule has 5 aromatic rings. The molecule has 0 spiro atoms. The average Bonchev–Trinajstić information content (AvgIpc) is 3.19. The summed E-state index contributed by atoms with van der Waals surface area (Å²) in [5.41, 5.74) is 4.21. The molecule has 0 amide bonds. The van der Waals surface area contributed by atoms with Gasteiger partial charge in [-0.3, -0.25) is 9.78 Å². The number of pyridine rings is 3. The van der Waals surface area contributed by atoms with Crippen LogP contribution in [0.25, 0.3) is 44.3 Å². The summed E-state index contributed by atoms with van der Waals surface area (Å²) < 4.78 is 14.4. The van der Waals surface area contributed by atoms with Crippen molar-refractivity contribution in [2.45, 2.75) is 0 Å². The molecule has 0 bridgehead atoms. The Morgan fingerprint density at radius 2 is 1.87 bits per heavy atom. The SMILES string of the molecule is Fc1ccc(Cl)cc1-c1cc(-c2c[nH]c3cnccc23)c2cccnc2n1.O=CO. The van der Waals surface area contributed by atoms with Crippen LogP contribution in [0.2, 0.25) is 5.02 Å². The van der Waals surface area contributed by atoms with E-state index >= 15 is 0 Å². The van der Waals surface area contributed by atoms with Crippen molar-refractivity contribution in [3.8, 4) is 22.4 Å². The third-order valence-electron chi connectivity index (χ3n) is 4.56. The Morgan fingerprint density at radius 3 is 2.70 bits per heavy atom. The van der Waals surface area contributed by atoms with Crippen LogP contribution in [0.15, 0.2) is 67.3 Å². The molecule has 4 aromatic heterocycles. The maximum Gasteiger partial charge on any atom is 0.290 e. The van der Waals surface area contributed by atoms with Crippen molar-refractivity contribution in [2.75, 3.05) is 0 Å². The first-order chi connectivity index (χ1) is 14.6. The second-order valence-corrected chi connectivity index (χ2v) is 6.72. The molecule has 6 nitrogen and oxygen atoms in total. The highest BCUT2D eigenvalue weighted by molar-refractivity contribution is 6.30. The Kier molecular flexibility index (Phi) is 5.36. The maximum absolute atomic E-state index is 14.4. The van der Waals surface area contributed by atoms with E-state index in [9.17, 15) is 4.39 Å². The highest BCUT2D eigenvalue weighted by Gasteiger charge is 2.15. The minimum atomic E-state index is -0.378. The van der Waals surface area contributed by atoms with Gasteiger partial charge in [0.1, 0.15) is 5.82 Å². The molecule has 0 atom stereocenters. The Morgan fingerprint density at radius 1 is 1.03 bits per heavy atom. The lowest BCUT2D eigenvalue weighted by molar-refractivity contribution is -0.122. The van der Waals surface area contributed by atoms with E-state index in [1.807, 2.05) is 30.5 Å². The summed E-state index contributed by atoms with van der Waals surface area (Å²) in [6, 6.07) is 12.1. The molecule has 0 aliphatic carbocycles. The van der Waals surface area contributed by atoms with Crippen molar-refractivity contribution in [3.63, 3.8) is 0 Å². The van der Waals surface area contributed by atoms with Crippen molar-refractivity contribution in [2.24, 2.45) is 0 Å². The van der Waals surface area contributed by atoms with Gasteiger partial charge in [-0.2, -0.15) is 0 Å². The fourth-order valence-electron chi connectivity index (χ4n) is 3.31. The van der Waals surface area contributed by atoms with Gasteiger partial charge >= 0.3 is 0 Å². The summed E-state index contributed by atoms with van der Waals surface area (Å²) >= 11 is 6.08. The highest BCUT2D eigenvalue weighted by Crippen LogP contribution is 2.36. The van der Waals surface area contributed by atoms with Gasteiger partial charge in [0.25, 0.3) is 6.47 Å². The highest BCUT2D eigenvalue weighted by atomic mass is 35.5. The van der Waals surface area contributed by atoms with E-state index < -0.39 is 0 Å². The summed E-state index contributed by atoms with van der Waals surface area (Å²) in [5, 5.41) is 9.26. The molecule has 0 unspecified atom stereocenters. The van der Waals surface area contributed by atoms with Gasteiger partial charge in [-0.25, -0.2) is 14.4 Å². The summed E-state index contributed by atoms with van der Waals surface area (Å²) in [5.74, 6) is -0.378. The number of rotatable bonds is 2. The fourth-order valence-corrected chi connectivity index (χ4v) is 3.48. The van der Waals surface area contributed by atoms with Crippen molar-refractivity contribution in [3.05, 3.63) is 78.1 Å². The molecule has 0 radical (unpaired) electrons. The molecular formula is C22H14ClFN4O2. The number of fused-ring (bicyclic) bond motifs is 2. The second-order valence-electron chi connectivity index (χ2n) is 6.28. The van der Waals surface area contributed by atoms with Crippen LogP contribution in [0.1, 0.15) is 0 Å². The molecule has 0 fully saturated rings. The number of aromatic nitrogens is 4. The molecule has 0 saturated carbocycles. The molecule has 0 aliphatic heterocycles. The number of carboxylic acid groups (broad SMARTS) is 1. The van der Waals surface area contributed by atoms with E-state index in [2.05, 4.69) is 19.9 Å². The van der Waals surface area contributed by atoms with E-state index in [4.69, 9.17) is 21.5 Å². The number of hydrogen-bond donors (Lipinski definition) is 2. The first-order valence-corrected chi connectivity index (χ1v) is 9.20. The number of aromatic amines is 1. The van der Waals surface area contributed by atoms with Gasteiger partial charge in [-0.15, -0.1) is 0 Å². The molecule has 148 valence electrons. The number of nitrogens with zero attached hydrogens (tertiary/aromatic N) is 3. The quantitative estimate of drug-likeness (QED) is 0.376. The van der Waals surface area contributed by atoms with Crippen molar-refractivity contribution >= 4 is 40.0 Å². The molecule has 0 saturated heterocycles. The van der Waals surface area contributed by atoms with E-state index in [0.29, 0.717) is 21.9 Å². The Labute approximate surface area is 175 Å². The topological polar surface area (TPSA) is 91.8 Å². The van der Waals surface area contributed by atoms with E-state index in [-0.39, 0.29) is 12.3 Å². The van der Waals surface area contributed by atoms with Crippen LogP contribution in [0.5, 0.6) is 0 Å². The number of halogens is 2. The maximum atomic E-state index is 14.4. The van der Waals surface area contributed by atoms with Crippen LogP contribution >= 0.6 is 11.6 Å². The first kappa shape index (κ1) is 19.5. The normalized spacial score (nSPS) is 10.6. The minimum Gasteiger partial charge on any atom is -0.483 e. The zero-order valence-electron chi connectivity index (χ0n) is 15.4. The Hall–Kier alpha value is -3.84. The van der Waals surface area contributed by atoms with Crippen molar-refractivity contribution in [1.29, 1.82) is 0 Å². The van der Waals surface area contributed by atoms with Crippen LogP contribution in [0.4, 0.5) is 4.39 Å². The summed E-state index contributed by atoms with van der Waals surface area (Å²) in [7, 11) is 0. The van der Waals surface area contributed by atoms with Gasteiger partial charge < -0.3 is 10.1 Å². The van der Waals surface area contributed by atoms with Crippen LogP contribution in [0, 0.1) is 5.82 Å². The predicted octanol–water partition coefficient (Wildman–Crippen LogP) is 5.33. The van der Waals surface area contributed by atoms with Gasteiger partial charge in [0.2, 0.25) is 0 Å². The predicted molar refractivity (Wildman–Crippen MR) is 114 cm³/mol. The van der Waals surface area contributed by atoms with E-state index in [0.717, 1.165) is 27.4 Å². The Bertz CT molecular complexity index is 1370. The van der Waals surface area contributed by atoms with E-state index in [1.165, 1.54) is 12.1 Å². The molecule has 4 heterocycles. The minimum absolute atomic E-state index is 0.250. The lowest BCUT2D eigenvalue weighted by Crippen LogP contribution is -1.93. The van der Waals surface area contributed by atoms with Crippen molar-refractivity contribution in [1.82, 2.24) is 19.9 Å². The number of hydrogen-bond acceptors (Lipinski definition) is 4. The van der Waals surface area contributed by atoms with Gasteiger partial charge in [-0.05, 0) is 48.0 Å². The van der Waals surface area contributed by atoms with Crippen LogP contribution in [-0.4, -0.2) is 31.5 Å². The molecular weight excluding hydrogens is 407 g/mol. The molecule has 30 heavy (non-hydrogen) atoms. The third-order valence-corrected chi connectivity index (χ3v) is 4.80. The molecule has 8 heteroatoms. The lowest BCUT2D eigenvalue weighted by Gasteiger charge is -2.10. The zero-order chi connectivity index (χ0) is 21.1. The molecule has 1 aromatic carbocycles. The van der Waals surface area contributed by atoms with E-state index in [1.54, 1.807) is 24.7 Å². The number of nitrogens with one attached hydrogen (secondary N) is 1. The smallest absolute Gasteiger partial charge is 0.290 e. The Balaban J connectivity index is 0.000000687. The lowest BCUT2D eigenvalue weighted by atomic mass is 9.99. The van der Waals surface area contributed by atoms with Gasteiger partial charge in [0.05, 0.1) is 17.4 Å². The number of benzene rings is 1. The summed E-state index contributed by atoms with van der Waals surface area (Å²) in [4.78, 5) is 24.7. The summed E-state index contributed by atoms with van der Waals surface area (Å²) in [6.45, 7) is -0.250. The second kappa shape index (κ2) is 8.26. The molecule has 0 aliphatic rings. The van der Waals surface area contributed by atoms with Gasteiger partial charge in [0, 0.05) is 45.5 Å². The fraction of sp³-hybridized carbons (Fsp3) is 0. The largest absolute Gasteiger partial charge is 0.483 e. The number of carbonyl (C=O) groups is 1. The van der Waals surface area contributed by atoms with Crippen LogP contribution < -0.4 is 0 Å². The zero-order valence-corrected chi connectivity index (χ0v) is 16.1. The van der Waals surface area contributed by atoms with Crippen LogP contribution in [0.3, 0.4) is 0 Å². The molecule has 5 rings (SSSR count). The first-order valence-electron chi connectivity index (χ1n) is 8.83. The van der Waals surface area contributed by atoms with Gasteiger partial charge in [0.15, 0.2) is 5.65 Å². The third kappa shape index (κ3) is 3.58. The molecule has 2 N–H and O–H groups in total. The van der Waals surface area contributed by atoms with Gasteiger partial charge in [-0.1, -0.05) is 11.6 Å². The average molecular weight is 421 g/mol. The van der Waals surface area contributed by atoms with Crippen LogP contribution in [-0.2, 0) is 4.79 Å².